The van der Waals surface area contributed by atoms with Gasteiger partial charge in [-0.15, -0.1) is 0 Å². The Balaban J connectivity index is 1.87. The van der Waals surface area contributed by atoms with Crippen molar-refractivity contribution in [3.63, 3.8) is 0 Å². The van der Waals surface area contributed by atoms with E-state index < -0.39 is 17.9 Å². The van der Waals surface area contributed by atoms with Crippen molar-refractivity contribution >= 4 is 17.8 Å². The van der Waals surface area contributed by atoms with Gasteiger partial charge < -0.3 is 14.5 Å². The summed E-state index contributed by atoms with van der Waals surface area (Å²) in [6.45, 7) is 5.41. The lowest BCUT2D eigenvalue weighted by Gasteiger charge is -2.43. The van der Waals surface area contributed by atoms with Gasteiger partial charge in [-0.3, -0.25) is 9.59 Å². The van der Waals surface area contributed by atoms with E-state index in [4.69, 9.17) is 4.74 Å². The van der Waals surface area contributed by atoms with Crippen molar-refractivity contribution < 1.29 is 19.1 Å². The average Bonchev–Trinajstić information content (AvgIpc) is 2.73. The fourth-order valence-corrected chi connectivity index (χ4v) is 3.16. The molecule has 2 amide bonds. The molecular weight excluding hydrogens is 376 g/mol. The predicted molar refractivity (Wildman–Crippen MR) is 101 cm³/mol. The minimum Gasteiger partial charge on any atom is -0.467 e. The van der Waals surface area contributed by atoms with Gasteiger partial charge in [0.15, 0.2) is 0 Å². The van der Waals surface area contributed by atoms with Crippen LogP contribution in [0.1, 0.15) is 39.3 Å². The number of aryl methyl sites for hydroxylation is 2. The summed E-state index contributed by atoms with van der Waals surface area (Å²) in [5.41, 5.74) is 0.584. The van der Waals surface area contributed by atoms with E-state index in [1.54, 1.807) is 13.8 Å². The summed E-state index contributed by atoms with van der Waals surface area (Å²) in [4.78, 5) is 57.5. The van der Waals surface area contributed by atoms with Crippen LogP contribution in [-0.2, 0) is 9.53 Å². The quantitative estimate of drug-likeness (QED) is 0.682. The second kappa shape index (κ2) is 8.29. The molecule has 152 valence electrons. The molecule has 3 rings (SSSR count). The molecule has 29 heavy (non-hydrogen) atoms. The largest absolute Gasteiger partial charge is 0.467 e. The Kier molecular flexibility index (Phi) is 5.81. The third-order valence-corrected chi connectivity index (χ3v) is 4.79. The molecule has 1 aliphatic rings. The summed E-state index contributed by atoms with van der Waals surface area (Å²) in [6.07, 6.45) is 5.74. The molecule has 3 heterocycles. The molecule has 0 spiro atoms. The van der Waals surface area contributed by atoms with E-state index in [0.717, 1.165) is 0 Å². The average molecular weight is 398 g/mol. The van der Waals surface area contributed by atoms with Gasteiger partial charge in [0, 0.05) is 37.4 Å². The van der Waals surface area contributed by atoms with E-state index in [1.807, 2.05) is 6.92 Å². The normalized spacial score (nSPS) is 19.0. The molecule has 1 fully saturated rings. The Morgan fingerprint density at radius 1 is 0.862 bits per heavy atom. The maximum Gasteiger partial charge on any atom is 0.330 e. The van der Waals surface area contributed by atoms with Gasteiger partial charge in [-0.2, -0.15) is 0 Å². The summed E-state index contributed by atoms with van der Waals surface area (Å²) in [7, 11) is 1.25. The van der Waals surface area contributed by atoms with Gasteiger partial charge >= 0.3 is 5.97 Å². The van der Waals surface area contributed by atoms with Gasteiger partial charge in [0.25, 0.3) is 11.8 Å². The topological polar surface area (TPSA) is 118 Å². The number of carbonyl (C=O) groups is 3. The van der Waals surface area contributed by atoms with Crippen LogP contribution in [0.5, 0.6) is 0 Å². The molecule has 0 aromatic carbocycles. The van der Waals surface area contributed by atoms with Crippen LogP contribution in [-0.4, -0.2) is 79.8 Å². The number of esters is 1. The maximum absolute atomic E-state index is 13.0. The van der Waals surface area contributed by atoms with Crippen molar-refractivity contribution in [2.75, 3.05) is 20.2 Å². The van der Waals surface area contributed by atoms with Gasteiger partial charge in [0.05, 0.1) is 24.8 Å². The summed E-state index contributed by atoms with van der Waals surface area (Å²) >= 11 is 0. The van der Waals surface area contributed by atoms with E-state index in [1.165, 1.54) is 41.7 Å². The fourth-order valence-electron chi connectivity index (χ4n) is 3.16. The molecular formula is C19H22N6O4. The highest BCUT2D eigenvalue weighted by Crippen LogP contribution is 2.21. The maximum atomic E-state index is 13.0. The van der Waals surface area contributed by atoms with Crippen LogP contribution >= 0.6 is 0 Å². The molecule has 10 nitrogen and oxygen atoms in total. The second-order valence-corrected chi connectivity index (χ2v) is 6.84. The van der Waals surface area contributed by atoms with Crippen LogP contribution in [0.15, 0.2) is 24.8 Å². The van der Waals surface area contributed by atoms with Crippen molar-refractivity contribution in [1.82, 2.24) is 29.7 Å². The van der Waals surface area contributed by atoms with Crippen molar-refractivity contribution in [2.45, 2.75) is 32.9 Å². The Hall–Kier alpha value is -3.43. The van der Waals surface area contributed by atoms with Gasteiger partial charge in [-0.1, -0.05) is 0 Å². The molecule has 1 aliphatic heterocycles. The first kappa shape index (κ1) is 20.3. The highest BCUT2D eigenvalue weighted by atomic mass is 16.5. The SMILES string of the molecule is COC(=O)[C@@H]1CN(C(=O)c2cnc(C)nc2)[C@@H](C)CN1C(=O)c1cnc(C)nc1. The minimum atomic E-state index is -0.944. The first-order chi connectivity index (χ1) is 13.8. The number of methoxy groups -OCH3 is 1. The first-order valence-electron chi connectivity index (χ1n) is 9.09. The molecule has 2 atom stereocenters. The summed E-state index contributed by atoms with van der Waals surface area (Å²) in [5, 5.41) is 0. The number of piperazine rings is 1. The Morgan fingerprint density at radius 3 is 1.76 bits per heavy atom. The molecule has 0 N–H and O–H groups in total. The molecule has 2 aromatic heterocycles. The number of carbonyl (C=O) groups excluding carboxylic acids is 3. The number of hydrogen-bond acceptors (Lipinski definition) is 8. The Labute approximate surface area is 167 Å². The minimum absolute atomic E-state index is 0.000984. The number of amides is 2. The molecule has 0 bridgehead atoms. The molecule has 0 unspecified atom stereocenters. The van der Waals surface area contributed by atoms with Crippen molar-refractivity contribution in [3.05, 3.63) is 47.6 Å². The monoisotopic (exact) mass is 398 g/mol. The zero-order valence-electron chi connectivity index (χ0n) is 16.7. The van der Waals surface area contributed by atoms with E-state index >= 15 is 0 Å². The molecule has 0 radical (unpaired) electrons. The lowest BCUT2D eigenvalue weighted by molar-refractivity contribution is -0.148. The van der Waals surface area contributed by atoms with Gasteiger partial charge in [-0.05, 0) is 20.8 Å². The van der Waals surface area contributed by atoms with Crippen molar-refractivity contribution in [2.24, 2.45) is 0 Å². The lowest BCUT2D eigenvalue weighted by atomic mass is 10.0. The van der Waals surface area contributed by atoms with Crippen molar-refractivity contribution in [1.29, 1.82) is 0 Å². The fraction of sp³-hybridized carbons (Fsp3) is 0.421. The van der Waals surface area contributed by atoms with E-state index in [-0.39, 0.29) is 30.6 Å². The molecule has 2 aromatic rings. The third-order valence-electron chi connectivity index (χ3n) is 4.79. The first-order valence-corrected chi connectivity index (χ1v) is 9.09. The van der Waals surface area contributed by atoms with E-state index in [2.05, 4.69) is 19.9 Å². The number of aromatic nitrogens is 4. The summed E-state index contributed by atoms with van der Waals surface area (Å²) < 4.78 is 4.88. The van der Waals surface area contributed by atoms with Gasteiger partial charge in [-0.25, -0.2) is 24.7 Å². The van der Waals surface area contributed by atoms with Crippen LogP contribution in [0.2, 0.25) is 0 Å². The van der Waals surface area contributed by atoms with Crippen molar-refractivity contribution in [3.8, 4) is 0 Å². The lowest BCUT2D eigenvalue weighted by Crippen LogP contribution is -2.63. The zero-order valence-corrected chi connectivity index (χ0v) is 16.7. The Morgan fingerprint density at radius 2 is 1.31 bits per heavy atom. The van der Waals surface area contributed by atoms with Gasteiger partial charge in [0.2, 0.25) is 0 Å². The zero-order chi connectivity index (χ0) is 21.1. The Bertz CT molecular complexity index is 915. The number of rotatable bonds is 3. The molecule has 10 heteroatoms. The van der Waals surface area contributed by atoms with E-state index in [0.29, 0.717) is 17.2 Å². The van der Waals surface area contributed by atoms with Crippen LogP contribution in [0.4, 0.5) is 0 Å². The highest BCUT2D eigenvalue weighted by molar-refractivity contribution is 5.98. The highest BCUT2D eigenvalue weighted by Gasteiger charge is 2.41. The molecule has 1 saturated heterocycles. The summed E-state index contributed by atoms with van der Waals surface area (Å²) in [5.74, 6) is -0.209. The second-order valence-electron chi connectivity index (χ2n) is 6.84. The molecule has 0 saturated carbocycles. The predicted octanol–water partition coefficient (Wildman–Crippen LogP) is 0.412. The van der Waals surface area contributed by atoms with Crippen LogP contribution in [0.3, 0.4) is 0 Å². The van der Waals surface area contributed by atoms with Crippen LogP contribution in [0, 0.1) is 13.8 Å². The number of ether oxygens (including phenoxy) is 1. The number of nitrogens with zero attached hydrogens (tertiary/aromatic N) is 6. The van der Waals surface area contributed by atoms with E-state index in [9.17, 15) is 14.4 Å². The molecule has 0 aliphatic carbocycles. The van der Waals surface area contributed by atoms with Gasteiger partial charge in [0.1, 0.15) is 17.7 Å². The van der Waals surface area contributed by atoms with Crippen LogP contribution < -0.4 is 0 Å². The van der Waals surface area contributed by atoms with Crippen LogP contribution in [0.25, 0.3) is 0 Å². The number of hydrogen-bond donors (Lipinski definition) is 0. The third kappa shape index (κ3) is 4.20. The standard InChI is InChI=1S/C19H22N6O4/c1-11-9-25(18(27)15-7-22-13(3)23-8-15)16(19(28)29-4)10-24(11)17(26)14-5-20-12(2)21-6-14/h5-8,11,16H,9-10H2,1-4H3/t11-,16-/m0/s1. The smallest absolute Gasteiger partial charge is 0.330 e. The summed E-state index contributed by atoms with van der Waals surface area (Å²) in [6, 6.07) is -1.28.